The fraction of sp³-hybridized carbons (Fsp3) is 0.318. The van der Waals surface area contributed by atoms with Gasteiger partial charge in [-0.25, -0.2) is 4.39 Å². The van der Waals surface area contributed by atoms with Gasteiger partial charge in [0.1, 0.15) is 18.2 Å². The maximum absolute atomic E-state index is 13.1. The molecule has 7 nitrogen and oxygen atoms in total. The summed E-state index contributed by atoms with van der Waals surface area (Å²) in [4.78, 5) is 14.7. The third kappa shape index (κ3) is 4.83. The molecule has 2 heterocycles. The lowest BCUT2D eigenvalue weighted by Crippen LogP contribution is -2.32. The molecule has 1 amide bonds. The molecule has 8 heteroatoms. The highest BCUT2D eigenvalue weighted by atomic mass is 19.1. The molecule has 156 valence electrons. The quantitative estimate of drug-likeness (QED) is 0.648. The SMILES string of the molecule is NC(COc1ccc(C(=O)N2CC[C@H](c3ccc(F)cc3)C2)cc1)Cn1ccnn1. The molecule has 2 aromatic carbocycles. The third-order valence-corrected chi connectivity index (χ3v) is 5.28. The predicted octanol–water partition coefficient (Wildman–Crippen LogP) is 2.45. The summed E-state index contributed by atoms with van der Waals surface area (Å²) >= 11 is 0. The van der Waals surface area contributed by atoms with Crippen LogP contribution < -0.4 is 10.5 Å². The monoisotopic (exact) mass is 409 g/mol. The number of nitrogens with zero attached hydrogens (tertiary/aromatic N) is 4. The van der Waals surface area contributed by atoms with Crippen molar-refractivity contribution < 1.29 is 13.9 Å². The Labute approximate surface area is 174 Å². The predicted molar refractivity (Wildman–Crippen MR) is 110 cm³/mol. The van der Waals surface area contributed by atoms with E-state index in [0.717, 1.165) is 12.0 Å². The number of likely N-dealkylation sites (tertiary alicyclic amines) is 1. The smallest absolute Gasteiger partial charge is 0.253 e. The summed E-state index contributed by atoms with van der Waals surface area (Å²) < 4.78 is 20.5. The second-order valence-electron chi connectivity index (χ2n) is 7.51. The highest BCUT2D eigenvalue weighted by molar-refractivity contribution is 5.94. The molecule has 0 aliphatic carbocycles. The molecule has 1 saturated heterocycles. The first-order valence-electron chi connectivity index (χ1n) is 9.96. The molecule has 1 aliphatic heterocycles. The summed E-state index contributed by atoms with van der Waals surface area (Å²) in [7, 11) is 0. The van der Waals surface area contributed by atoms with Crippen LogP contribution >= 0.6 is 0 Å². The molecule has 0 saturated carbocycles. The Morgan fingerprint density at radius 3 is 2.67 bits per heavy atom. The van der Waals surface area contributed by atoms with Crippen molar-refractivity contribution in [3.8, 4) is 5.75 Å². The number of hydrogen-bond donors (Lipinski definition) is 1. The van der Waals surface area contributed by atoms with Gasteiger partial charge in [0, 0.05) is 30.8 Å². The van der Waals surface area contributed by atoms with Crippen molar-refractivity contribution in [3.05, 3.63) is 77.9 Å². The zero-order valence-corrected chi connectivity index (χ0v) is 16.5. The highest BCUT2D eigenvalue weighted by Crippen LogP contribution is 2.28. The van der Waals surface area contributed by atoms with E-state index < -0.39 is 0 Å². The highest BCUT2D eigenvalue weighted by Gasteiger charge is 2.28. The third-order valence-electron chi connectivity index (χ3n) is 5.28. The molecule has 4 rings (SSSR count). The number of benzene rings is 2. The van der Waals surface area contributed by atoms with Gasteiger partial charge < -0.3 is 15.4 Å². The zero-order chi connectivity index (χ0) is 20.9. The Bertz CT molecular complexity index is 960. The lowest BCUT2D eigenvalue weighted by atomic mass is 9.99. The number of aromatic nitrogens is 3. The van der Waals surface area contributed by atoms with Crippen LogP contribution in [0.3, 0.4) is 0 Å². The first kappa shape index (κ1) is 20.0. The van der Waals surface area contributed by atoms with Crippen molar-refractivity contribution in [2.45, 2.75) is 24.9 Å². The summed E-state index contributed by atoms with van der Waals surface area (Å²) in [5, 5.41) is 7.62. The van der Waals surface area contributed by atoms with Gasteiger partial charge in [0.25, 0.3) is 5.91 Å². The average Bonchev–Trinajstić information content (AvgIpc) is 3.45. The van der Waals surface area contributed by atoms with Gasteiger partial charge in [0.05, 0.1) is 18.8 Å². The lowest BCUT2D eigenvalue weighted by Gasteiger charge is -2.17. The molecule has 0 radical (unpaired) electrons. The number of ether oxygens (including phenoxy) is 1. The summed E-state index contributed by atoms with van der Waals surface area (Å²) in [6.45, 7) is 2.18. The van der Waals surface area contributed by atoms with Crippen LogP contribution in [0, 0.1) is 5.82 Å². The van der Waals surface area contributed by atoms with Gasteiger partial charge in [0.15, 0.2) is 0 Å². The van der Waals surface area contributed by atoms with E-state index in [9.17, 15) is 9.18 Å². The van der Waals surface area contributed by atoms with Gasteiger partial charge in [0.2, 0.25) is 0 Å². The van der Waals surface area contributed by atoms with E-state index in [0.29, 0.717) is 37.6 Å². The van der Waals surface area contributed by atoms with Gasteiger partial charge in [-0.05, 0) is 48.4 Å². The molecular weight excluding hydrogens is 385 g/mol. The molecule has 1 aromatic heterocycles. The molecule has 1 aliphatic rings. The van der Waals surface area contributed by atoms with Gasteiger partial charge >= 0.3 is 0 Å². The van der Waals surface area contributed by atoms with Crippen molar-refractivity contribution in [2.24, 2.45) is 5.73 Å². The van der Waals surface area contributed by atoms with Gasteiger partial charge in [-0.1, -0.05) is 17.3 Å². The first-order chi connectivity index (χ1) is 14.6. The maximum atomic E-state index is 13.1. The van der Waals surface area contributed by atoms with E-state index in [2.05, 4.69) is 10.3 Å². The van der Waals surface area contributed by atoms with Gasteiger partial charge in [-0.3, -0.25) is 9.48 Å². The van der Waals surface area contributed by atoms with Crippen molar-refractivity contribution >= 4 is 5.91 Å². The minimum atomic E-state index is -0.244. The largest absolute Gasteiger partial charge is 0.492 e. The summed E-state index contributed by atoms with van der Waals surface area (Å²) in [5.41, 5.74) is 7.73. The number of hydrogen-bond acceptors (Lipinski definition) is 5. The second kappa shape index (κ2) is 9.04. The Morgan fingerprint density at radius 2 is 1.97 bits per heavy atom. The summed E-state index contributed by atoms with van der Waals surface area (Å²) in [6, 6.07) is 13.4. The van der Waals surface area contributed by atoms with Crippen LogP contribution in [0.4, 0.5) is 4.39 Å². The molecule has 0 spiro atoms. The number of amides is 1. The maximum Gasteiger partial charge on any atom is 0.253 e. The van der Waals surface area contributed by atoms with Crippen molar-refractivity contribution in [1.82, 2.24) is 19.9 Å². The normalized spacial score (nSPS) is 17.1. The van der Waals surface area contributed by atoms with Gasteiger partial charge in [-0.2, -0.15) is 0 Å². The van der Waals surface area contributed by atoms with Crippen LogP contribution in [0.2, 0.25) is 0 Å². The molecule has 0 bridgehead atoms. The molecule has 30 heavy (non-hydrogen) atoms. The molecule has 1 fully saturated rings. The Hall–Kier alpha value is -3.26. The van der Waals surface area contributed by atoms with E-state index in [1.54, 1.807) is 53.5 Å². The van der Waals surface area contributed by atoms with Crippen molar-refractivity contribution in [1.29, 1.82) is 0 Å². The number of halogens is 1. The number of rotatable bonds is 7. The molecular formula is C22H24FN5O2. The summed E-state index contributed by atoms with van der Waals surface area (Å²) in [6.07, 6.45) is 4.23. The van der Waals surface area contributed by atoms with Crippen LogP contribution in [0.1, 0.15) is 28.3 Å². The average molecular weight is 409 g/mol. The molecule has 2 atom stereocenters. The van der Waals surface area contributed by atoms with E-state index in [4.69, 9.17) is 10.5 Å². The molecule has 3 aromatic rings. The van der Waals surface area contributed by atoms with E-state index in [1.807, 2.05) is 4.90 Å². The molecule has 1 unspecified atom stereocenters. The standard InChI is InChI=1S/C22H24FN5O2/c23-19-5-1-16(2-6-19)18-9-11-27(13-18)22(29)17-3-7-21(8-4-17)30-15-20(24)14-28-12-10-25-26-28/h1-8,10,12,18,20H,9,11,13-15,24H2/t18-,20?/m0/s1. The Kier molecular flexibility index (Phi) is 6.04. The minimum absolute atomic E-state index is 0.00551. The number of carbonyl (C=O) groups excluding carboxylic acids is 1. The fourth-order valence-corrected chi connectivity index (χ4v) is 3.65. The van der Waals surface area contributed by atoms with Crippen LogP contribution in [0.25, 0.3) is 0 Å². The van der Waals surface area contributed by atoms with E-state index in [-0.39, 0.29) is 23.7 Å². The van der Waals surface area contributed by atoms with Crippen LogP contribution in [0.5, 0.6) is 5.75 Å². The lowest BCUT2D eigenvalue weighted by molar-refractivity contribution is 0.0790. The summed E-state index contributed by atoms with van der Waals surface area (Å²) in [5.74, 6) is 0.648. The van der Waals surface area contributed by atoms with Crippen LogP contribution in [0.15, 0.2) is 60.9 Å². The zero-order valence-electron chi connectivity index (χ0n) is 16.5. The van der Waals surface area contributed by atoms with E-state index in [1.165, 1.54) is 12.1 Å². The Morgan fingerprint density at radius 1 is 1.20 bits per heavy atom. The molecule has 2 N–H and O–H groups in total. The fourth-order valence-electron chi connectivity index (χ4n) is 3.65. The number of nitrogens with two attached hydrogens (primary N) is 1. The number of carbonyl (C=O) groups is 1. The van der Waals surface area contributed by atoms with Crippen molar-refractivity contribution in [3.63, 3.8) is 0 Å². The second-order valence-corrected chi connectivity index (χ2v) is 7.51. The first-order valence-corrected chi connectivity index (χ1v) is 9.96. The topological polar surface area (TPSA) is 86.3 Å². The van der Waals surface area contributed by atoms with E-state index >= 15 is 0 Å². The van der Waals surface area contributed by atoms with Gasteiger partial charge in [-0.15, -0.1) is 5.10 Å². The van der Waals surface area contributed by atoms with Crippen LogP contribution in [-0.4, -0.2) is 51.5 Å². The Balaban J connectivity index is 1.29. The minimum Gasteiger partial charge on any atom is -0.492 e. The van der Waals surface area contributed by atoms with Crippen LogP contribution in [-0.2, 0) is 6.54 Å². The van der Waals surface area contributed by atoms with Crippen molar-refractivity contribution in [2.75, 3.05) is 19.7 Å².